The molecule has 24 heavy (non-hydrogen) atoms. The number of benzene rings is 2. The van der Waals surface area contributed by atoms with Gasteiger partial charge in [-0.2, -0.15) is 0 Å². The van der Waals surface area contributed by atoms with Gasteiger partial charge >= 0.3 is 0 Å². The van der Waals surface area contributed by atoms with Gasteiger partial charge in [0.25, 0.3) is 5.91 Å². The summed E-state index contributed by atoms with van der Waals surface area (Å²) in [5.41, 5.74) is 2.91. The van der Waals surface area contributed by atoms with Crippen molar-refractivity contribution in [2.24, 2.45) is 0 Å². The molecule has 126 valence electrons. The Morgan fingerprint density at radius 1 is 1.00 bits per heavy atom. The third kappa shape index (κ3) is 2.77. The number of ether oxygens (including phenoxy) is 3. The number of nitrogens with one attached hydrogen (secondary N) is 1. The number of aryl methyl sites for hydroxylation is 1. The summed E-state index contributed by atoms with van der Waals surface area (Å²) in [5, 5.41) is 3.10. The molecule has 5 heteroatoms. The Kier molecular flexibility index (Phi) is 4.60. The van der Waals surface area contributed by atoms with E-state index in [1.54, 1.807) is 19.2 Å². The van der Waals surface area contributed by atoms with Crippen molar-refractivity contribution in [3.05, 3.63) is 53.1 Å². The third-order valence-electron chi connectivity index (χ3n) is 4.39. The molecular formula is C19H21NO4. The number of fused-ring (bicyclic) bond motifs is 1. The van der Waals surface area contributed by atoms with Crippen molar-refractivity contribution in [2.75, 3.05) is 21.3 Å². The SMILES string of the molecule is COc1ccc(C(=O)NC2CCc3ccccc32)c(OC)c1OC. The smallest absolute Gasteiger partial charge is 0.255 e. The molecule has 1 aliphatic rings. The van der Waals surface area contributed by atoms with Gasteiger partial charge in [-0.15, -0.1) is 0 Å². The van der Waals surface area contributed by atoms with E-state index >= 15 is 0 Å². The topological polar surface area (TPSA) is 56.8 Å². The second-order valence-corrected chi connectivity index (χ2v) is 5.65. The molecule has 0 spiro atoms. The van der Waals surface area contributed by atoms with Crippen molar-refractivity contribution in [3.8, 4) is 17.2 Å². The number of carbonyl (C=O) groups excluding carboxylic acids is 1. The molecule has 2 aromatic carbocycles. The van der Waals surface area contributed by atoms with E-state index in [1.165, 1.54) is 25.3 Å². The molecule has 3 rings (SSSR count). The van der Waals surface area contributed by atoms with Crippen LogP contribution in [0.25, 0.3) is 0 Å². The second-order valence-electron chi connectivity index (χ2n) is 5.65. The summed E-state index contributed by atoms with van der Waals surface area (Å²) in [6, 6.07) is 11.6. The lowest BCUT2D eigenvalue weighted by Gasteiger charge is -2.18. The van der Waals surface area contributed by atoms with Gasteiger partial charge in [-0.25, -0.2) is 0 Å². The van der Waals surface area contributed by atoms with E-state index in [9.17, 15) is 4.79 Å². The molecule has 0 bridgehead atoms. The van der Waals surface area contributed by atoms with Crippen molar-refractivity contribution in [2.45, 2.75) is 18.9 Å². The van der Waals surface area contributed by atoms with E-state index in [1.807, 2.05) is 12.1 Å². The van der Waals surface area contributed by atoms with E-state index in [2.05, 4.69) is 17.4 Å². The van der Waals surface area contributed by atoms with Crippen LogP contribution in [0.5, 0.6) is 17.2 Å². The predicted molar refractivity (Wildman–Crippen MR) is 91.1 cm³/mol. The number of rotatable bonds is 5. The molecule has 1 aliphatic carbocycles. The van der Waals surface area contributed by atoms with E-state index < -0.39 is 0 Å². The van der Waals surface area contributed by atoms with E-state index in [0.29, 0.717) is 22.8 Å². The Morgan fingerprint density at radius 2 is 1.75 bits per heavy atom. The number of hydrogen-bond donors (Lipinski definition) is 1. The van der Waals surface area contributed by atoms with Crippen molar-refractivity contribution in [1.82, 2.24) is 5.32 Å². The zero-order valence-electron chi connectivity index (χ0n) is 14.1. The lowest BCUT2D eigenvalue weighted by atomic mass is 10.1. The zero-order valence-corrected chi connectivity index (χ0v) is 14.1. The average Bonchev–Trinajstić information content (AvgIpc) is 3.03. The van der Waals surface area contributed by atoms with Gasteiger partial charge < -0.3 is 19.5 Å². The van der Waals surface area contributed by atoms with Gasteiger partial charge in [-0.1, -0.05) is 24.3 Å². The van der Waals surface area contributed by atoms with Crippen molar-refractivity contribution in [3.63, 3.8) is 0 Å². The number of methoxy groups -OCH3 is 3. The summed E-state index contributed by atoms with van der Waals surface area (Å²) in [6.45, 7) is 0. The Morgan fingerprint density at radius 3 is 2.46 bits per heavy atom. The molecule has 0 aromatic heterocycles. The summed E-state index contributed by atoms with van der Waals surface area (Å²) in [7, 11) is 4.58. The standard InChI is InChI=1S/C19H21NO4/c1-22-16-11-9-14(17(23-2)18(16)24-3)19(21)20-15-10-8-12-6-4-5-7-13(12)15/h4-7,9,11,15H,8,10H2,1-3H3,(H,20,21). The highest BCUT2D eigenvalue weighted by atomic mass is 16.5. The molecule has 1 N–H and O–H groups in total. The van der Waals surface area contributed by atoms with Gasteiger partial charge in [0.05, 0.1) is 32.9 Å². The number of hydrogen-bond acceptors (Lipinski definition) is 4. The van der Waals surface area contributed by atoms with E-state index in [4.69, 9.17) is 14.2 Å². The highest BCUT2D eigenvalue weighted by molar-refractivity contribution is 5.98. The van der Waals surface area contributed by atoms with Crippen LogP contribution >= 0.6 is 0 Å². The second kappa shape index (κ2) is 6.83. The van der Waals surface area contributed by atoms with Crippen LogP contribution in [0.15, 0.2) is 36.4 Å². The molecule has 1 amide bonds. The summed E-state index contributed by atoms with van der Waals surface area (Å²) in [5.74, 6) is 1.13. The molecule has 5 nitrogen and oxygen atoms in total. The minimum atomic E-state index is -0.186. The van der Waals surface area contributed by atoms with Crippen molar-refractivity contribution in [1.29, 1.82) is 0 Å². The third-order valence-corrected chi connectivity index (χ3v) is 4.39. The molecule has 1 atom stereocenters. The highest BCUT2D eigenvalue weighted by Crippen LogP contribution is 2.40. The first-order valence-corrected chi connectivity index (χ1v) is 7.87. The largest absolute Gasteiger partial charge is 0.493 e. The van der Waals surface area contributed by atoms with Gasteiger partial charge in [0.1, 0.15) is 0 Å². The summed E-state index contributed by atoms with van der Waals surface area (Å²) >= 11 is 0. The fourth-order valence-electron chi connectivity index (χ4n) is 3.22. The summed E-state index contributed by atoms with van der Waals surface area (Å²) in [6.07, 6.45) is 1.88. The lowest BCUT2D eigenvalue weighted by Crippen LogP contribution is -2.27. The Balaban J connectivity index is 1.89. The molecule has 0 fully saturated rings. The highest BCUT2D eigenvalue weighted by Gasteiger charge is 2.26. The van der Waals surface area contributed by atoms with Crippen molar-refractivity contribution >= 4 is 5.91 Å². The molecule has 0 aliphatic heterocycles. The van der Waals surface area contributed by atoms with Crippen LogP contribution in [0.2, 0.25) is 0 Å². The van der Waals surface area contributed by atoms with Gasteiger partial charge in [0.2, 0.25) is 5.75 Å². The number of carbonyl (C=O) groups is 1. The first kappa shape index (κ1) is 16.2. The zero-order chi connectivity index (χ0) is 17.1. The Labute approximate surface area is 141 Å². The van der Waals surface area contributed by atoms with Crippen LogP contribution in [0.1, 0.15) is 33.9 Å². The first-order chi connectivity index (χ1) is 11.7. The molecule has 0 saturated carbocycles. The molecule has 0 saturated heterocycles. The minimum absolute atomic E-state index is 0.0199. The molecule has 0 heterocycles. The predicted octanol–water partition coefficient (Wildman–Crippen LogP) is 3.13. The van der Waals surface area contributed by atoms with Crippen LogP contribution in [0.3, 0.4) is 0 Å². The lowest BCUT2D eigenvalue weighted by molar-refractivity contribution is 0.0933. The molecule has 0 radical (unpaired) electrons. The Hall–Kier alpha value is -2.69. The van der Waals surface area contributed by atoms with Crippen LogP contribution < -0.4 is 19.5 Å². The van der Waals surface area contributed by atoms with Crippen LogP contribution in [0, 0.1) is 0 Å². The van der Waals surface area contributed by atoms with Gasteiger partial charge in [-0.05, 0) is 36.1 Å². The van der Waals surface area contributed by atoms with Crippen molar-refractivity contribution < 1.29 is 19.0 Å². The van der Waals surface area contributed by atoms with Crippen LogP contribution in [0.4, 0.5) is 0 Å². The average molecular weight is 327 g/mol. The first-order valence-electron chi connectivity index (χ1n) is 7.87. The van der Waals surface area contributed by atoms with E-state index in [0.717, 1.165) is 12.8 Å². The fourth-order valence-corrected chi connectivity index (χ4v) is 3.22. The van der Waals surface area contributed by atoms with Crippen LogP contribution in [-0.4, -0.2) is 27.2 Å². The normalized spacial score (nSPS) is 15.5. The Bertz CT molecular complexity index is 757. The van der Waals surface area contributed by atoms with Gasteiger partial charge in [-0.3, -0.25) is 4.79 Å². The monoisotopic (exact) mass is 327 g/mol. The molecule has 1 unspecified atom stereocenters. The molecular weight excluding hydrogens is 306 g/mol. The quantitative estimate of drug-likeness (QED) is 0.917. The maximum atomic E-state index is 12.8. The number of amides is 1. The summed E-state index contributed by atoms with van der Waals surface area (Å²) in [4.78, 5) is 12.8. The van der Waals surface area contributed by atoms with Gasteiger partial charge in [0.15, 0.2) is 11.5 Å². The minimum Gasteiger partial charge on any atom is -0.493 e. The van der Waals surface area contributed by atoms with Crippen LogP contribution in [-0.2, 0) is 6.42 Å². The fraction of sp³-hybridized carbons (Fsp3) is 0.316. The summed E-state index contributed by atoms with van der Waals surface area (Å²) < 4.78 is 16.0. The maximum Gasteiger partial charge on any atom is 0.255 e. The molecule has 2 aromatic rings. The van der Waals surface area contributed by atoms with E-state index in [-0.39, 0.29) is 11.9 Å². The van der Waals surface area contributed by atoms with Gasteiger partial charge in [0, 0.05) is 0 Å². The maximum absolute atomic E-state index is 12.8.